The fourth-order valence-corrected chi connectivity index (χ4v) is 3.07. The first-order valence-corrected chi connectivity index (χ1v) is 7.33. The van der Waals surface area contributed by atoms with Crippen molar-refractivity contribution < 1.29 is 9.90 Å². The summed E-state index contributed by atoms with van der Waals surface area (Å²) in [7, 11) is 0. The third-order valence-corrected chi connectivity index (χ3v) is 4.48. The van der Waals surface area contributed by atoms with E-state index in [0.717, 1.165) is 18.7 Å². The molecule has 0 radical (unpaired) electrons. The van der Waals surface area contributed by atoms with E-state index in [1.54, 1.807) is 0 Å². The number of benzene rings is 1. The van der Waals surface area contributed by atoms with Crippen molar-refractivity contribution in [1.82, 2.24) is 4.90 Å². The lowest BCUT2D eigenvalue weighted by Gasteiger charge is -2.38. The zero-order valence-corrected chi connectivity index (χ0v) is 12.7. The standard InChI is InChI=1S/C14H18INO2/c1-14(10-13(17)18,16-8-2-3-9-16)11-4-6-12(15)7-5-11/h4-7H,2-3,8-10H2,1H3,(H,17,18). The molecule has 1 aliphatic rings. The summed E-state index contributed by atoms with van der Waals surface area (Å²) in [5.41, 5.74) is 0.722. The second-order valence-electron chi connectivity index (χ2n) is 5.05. The number of hydrogen-bond acceptors (Lipinski definition) is 2. The van der Waals surface area contributed by atoms with Crippen molar-refractivity contribution in [1.29, 1.82) is 0 Å². The summed E-state index contributed by atoms with van der Waals surface area (Å²) in [6.45, 7) is 4.04. The molecule has 1 aromatic rings. The number of hydrogen-bond donors (Lipinski definition) is 1. The van der Waals surface area contributed by atoms with Crippen LogP contribution in [-0.4, -0.2) is 29.1 Å². The van der Waals surface area contributed by atoms with E-state index in [0.29, 0.717) is 0 Å². The molecule has 1 fully saturated rings. The maximum Gasteiger partial charge on any atom is 0.305 e. The molecule has 0 spiro atoms. The van der Waals surface area contributed by atoms with Crippen LogP contribution in [0.15, 0.2) is 24.3 Å². The van der Waals surface area contributed by atoms with Crippen LogP contribution in [-0.2, 0) is 10.3 Å². The molecule has 1 N–H and O–H groups in total. The highest BCUT2D eigenvalue weighted by molar-refractivity contribution is 14.1. The lowest BCUT2D eigenvalue weighted by molar-refractivity contribution is -0.140. The summed E-state index contributed by atoms with van der Waals surface area (Å²) in [4.78, 5) is 13.5. The van der Waals surface area contributed by atoms with Crippen molar-refractivity contribution >= 4 is 28.6 Å². The van der Waals surface area contributed by atoms with Gasteiger partial charge in [-0.2, -0.15) is 0 Å². The Bertz CT molecular complexity index is 426. The lowest BCUT2D eigenvalue weighted by atomic mass is 9.87. The van der Waals surface area contributed by atoms with Gasteiger partial charge in [0.25, 0.3) is 0 Å². The molecule has 3 nitrogen and oxygen atoms in total. The van der Waals surface area contributed by atoms with Gasteiger partial charge < -0.3 is 5.11 Å². The average molecular weight is 359 g/mol. The third kappa shape index (κ3) is 2.85. The van der Waals surface area contributed by atoms with E-state index in [-0.39, 0.29) is 12.0 Å². The molecule has 0 aliphatic carbocycles. The zero-order valence-electron chi connectivity index (χ0n) is 10.5. The summed E-state index contributed by atoms with van der Waals surface area (Å²) < 4.78 is 1.18. The number of carboxylic acids is 1. The number of nitrogens with zero attached hydrogens (tertiary/aromatic N) is 1. The van der Waals surface area contributed by atoms with Crippen LogP contribution in [0.3, 0.4) is 0 Å². The Morgan fingerprint density at radius 2 is 1.89 bits per heavy atom. The van der Waals surface area contributed by atoms with E-state index in [9.17, 15) is 9.90 Å². The molecular weight excluding hydrogens is 341 g/mol. The minimum absolute atomic E-state index is 0.160. The maximum absolute atomic E-state index is 11.2. The van der Waals surface area contributed by atoms with Gasteiger partial charge in [0.15, 0.2) is 0 Å². The van der Waals surface area contributed by atoms with Gasteiger partial charge in [-0.05, 0) is 73.1 Å². The summed E-state index contributed by atoms with van der Waals surface area (Å²) in [5.74, 6) is -0.733. The van der Waals surface area contributed by atoms with Crippen molar-refractivity contribution in [2.24, 2.45) is 0 Å². The van der Waals surface area contributed by atoms with Gasteiger partial charge in [0, 0.05) is 3.57 Å². The molecule has 1 atom stereocenters. The summed E-state index contributed by atoms with van der Waals surface area (Å²) in [6, 6.07) is 8.21. The molecule has 0 saturated carbocycles. The van der Waals surface area contributed by atoms with Crippen molar-refractivity contribution in [3.8, 4) is 0 Å². The molecule has 4 heteroatoms. The number of rotatable bonds is 4. The average Bonchev–Trinajstić information content (AvgIpc) is 2.82. The normalized spacial score (nSPS) is 19.7. The van der Waals surface area contributed by atoms with E-state index in [4.69, 9.17) is 0 Å². The molecule has 0 aromatic heterocycles. The van der Waals surface area contributed by atoms with Crippen molar-refractivity contribution in [2.75, 3.05) is 13.1 Å². The molecule has 1 heterocycles. The van der Waals surface area contributed by atoms with Crippen molar-refractivity contribution in [2.45, 2.75) is 31.7 Å². The Hall–Kier alpha value is -0.620. The van der Waals surface area contributed by atoms with Crippen LogP contribution >= 0.6 is 22.6 Å². The van der Waals surface area contributed by atoms with E-state index in [1.807, 2.05) is 12.1 Å². The van der Waals surface area contributed by atoms with Crippen LogP contribution in [0.5, 0.6) is 0 Å². The maximum atomic E-state index is 11.2. The minimum atomic E-state index is -0.733. The predicted octanol–water partition coefficient (Wildman–Crippen LogP) is 3.08. The summed E-state index contributed by atoms with van der Waals surface area (Å²) in [6.07, 6.45) is 2.49. The Balaban J connectivity index is 2.33. The van der Waals surface area contributed by atoms with E-state index < -0.39 is 5.97 Å². The Kier molecular flexibility index (Phi) is 4.27. The SMILES string of the molecule is CC(CC(=O)O)(c1ccc(I)cc1)N1CCCC1. The molecule has 1 aliphatic heterocycles. The number of carboxylic acid groups (broad SMARTS) is 1. The van der Waals surface area contributed by atoms with Gasteiger partial charge in [0.1, 0.15) is 0 Å². The Labute approximate surface area is 121 Å². The topological polar surface area (TPSA) is 40.5 Å². The zero-order chi connectivity index (χ0) is 13.2. The first-order valence-electron chi connectivity index (χ1n) is 6.25. The molecule has 2 rings (SSSR count). The lowest BCUT2D eigenvalue weighted by Crippen LogP contribution is -2.43. The molecule has 98 valence electrons. The number of carbonyl (C=O) groups is 1. The predicted molar refractivity (Wildman–Crippen MR) is 79.6 cm³/mol. The van der Waals surface area contributed by atoms with Gasteiger partial charge in [0.05, 0.1) is 12.0 Å². The Morgan fingerprint density at radius 1 is 1.33 bits per heavy atom. The molecule has 1 aromatic carbocycles. The highest BCUT2D eigenvalue weighted by Gasteiger charge is 2.37. The fourth-order valence-electron chi connectivity index (χ4n) is 2.71. The van der Waals surface area contributed by atoms with Gasteiger partial charge >= 0.3 is 5.97 Å². The second kappa shape index (κ2) is 5.57. The van der Waals surface area contributed by atoms with Gasteiger partial charge in [-0.25, -0.2) is 0 Å². The first kappa shape index (κ1) is 13.8. The monoisotopic (exact) mass is 359 g/mol. The van der Waals surface area contributed by atoms with Crippen LogP contribution in [0.4, 0.5) is 0 Å². The number of halogens is 1. The molecule has 0 amide bonds. The highest BCUT2D eigenvalue weighted by Crippen LogP contribution is 2.34. The molecule has 18 heavy (non-hydrogen) atoms. The minimum Gasteiger partial charge on any atom is -0.481 e. The quantitative estimate of drug-likeness (QED) is 0.840. The molecule has 1 saturated heterocycles. The first-order chi connectivity index (χ1) is 8.52. The van der Waals surface area contributed by atoms with E-state index >= 15 is 0 Å². The molecule has 1 unspecified atom stereocenters. The van der Waals surface area contributed by atoms with Gasteiger partial charge in [-0.15, -0.1) is 0 Å². The van der Waals surface area contributed by atoms with Gasteiger partial charge in [-0.3, -0.25) is 9.69 Å². The number of likely N-dealkylation sites (tertiary alicyclic amines) is 1. The molecule has 0 bridgehead atoms. The largest absolute Gasteiger partial charge is 0.481 e. The van der Waals surface area contributed by atoms with Crippen LogP contribution in [0.1, 0.15) is 31.7 Å². The Morgan fingerprint density at radius 3 is 2.39 bits per heavy atom. The molecular formula is C14H18INO2. The third-order valence-electron chi connectivity index (χ3n) is 3.77. The van der Waals surface area contributed by atoms with Crippen molar-refractivity contribution in [3.05, 3.63) is 33.4 Å². The van der Waals surface area contributed by atoms with E-state index in [1.165, 1.54) is 16.4 Å². The van der Waals surface area contributed by atoms with E-state index in [2.05, 4.69) is 46.5 Å². The summed E-state index contributed by atoms with van der Waals surface area (Å²) in [5, 5.41) is 9.20. The van der Waals surface area contributed by atoms with Crippen LogP contribution < -0.4 is 0 Å². The van der Waals surface area contributed by atoms with Gasteiger partial charge in [-0.1, -0.05) is 12.1 Å². The van der Waals surface area contributed by atoms with Crippen LogP contribution in [0.25, 0.3) is 0 Å². The van der Waals surface area contributed by atoms with Gasteiger partial charge in [0.2, 0.25) is 0 Å². The van der Waals surface area contributed by atoms with Crippen LogP contribution in [0, 0.1) is 3.57 Å². The van der Waals surface area contributed by atoms with Crippen molar-refractivity contribution in [3.63, 3.8) is 0 Å². The smallest absolute Gasteiger partial charge is 0.305 e. The second-order valence-corrected chi connectivity index (χ2v) is 6.29. The number of aliphatic carboxylic acids is 1. The highest BCUT2D eigenvalue weighted by atomic mass is 127. The summed E-state index contributed by atoms with van der Waals surface area (Å²) >= 11 is 2.27. The van der Waals surface area contributed by atoms with Crippen LogP contribution in [0.2, 0.25) is 0 Å². The fraction of sp³-hybridized carbons (Fsp3) is 0.500.